The minimum absolute atomic E-state index is 0.0670. The fraction of sp³-hybridized carbons (Fsp3) is 0.455. The Balaban J connectivity index is 1.81. The number of aromatic nitrogens is 5. The van der Waals surface area contributed by atoms with E-state index < -0.39 is 0 Å². The van der Waals surface area contributed by atoms with E-state index in [0.717, 1.165) is 23.3 Å². The van der Waals surface area contributed by atoms with Crippen LogP contribution in [0.25, 0.3) is 0 Å². The summed E-state index contributed by atoms with van der Waals surface area (Å²) in [7, 11) is 1.71. The van der Waals surface area contributed by atoms with Crippen molar-refractivity contribution in [1.82, 2.24) is 25.4 Å². The number of hydrogen-bond donors (Lipinski definition) is 1. The zero-order valence-electron chi connectivity index (χ0n) is 10.3. The van der Waals surface area contributed by atoms with Crippen LogP contribution in [-0.2, 0) is 4.74 Å². The molecule has 2 aromatic heterocycles. The van der Waals surface area contributed by atoms with Crippen molar-refractivity contribution in [2.75, 3.05) is 25.1 Å². The molecular formula is C11H13BrN6O. The van der Waals surface area contributed by atoms with Crippen molar-refractivity contribution in [3.8, 4) is 0 Å². The van der Waals surface area contributed by atoms with Crippen molar-refractivity contribution in [1.29, 1.82) is 0 Å². The molecule has 7 nitrogen and oxygen atoms in total. The molecule has 0 amide bonds. The highest BCUT2D eigenvalue weighted by molar-refractivity contribution is 9.10. The van der Waals surface area contributed by atoms with Crippen LogP contribution in [0.4, 0.5) is 5.95 Å². The van der Waals surface area contributed by atoms with Crippen LogP contribution in [0, 0.1) is 0 Å². The van der Waals surface area contributed by atoms with Crippen molar-refractivity contribution in [3.05, 3.63) is 28.8 Å². The molecule has 1 saturated heterocycles. The highest BCUT2D eigenvalue weighted by Gasteiger charge is 2.36. The summed E-state index contributed by atoms with van der Waals surface area (Å²) in [5, 5.41) is 10.6. The topological polar surface area (TPSA) is 79.8 Å². The van der Waals surface area contributed by atoms with Crippen LogP contribution in [0.1, 0.15) is 11.6 Å². The van der Waals surface area contributed by atoms with Gasteiger partial charge >= 0.3 is 0 Å². The van der Waals surface area contributed by atoms with Gasteiger partial charge in [0.1, 0.15) is 0 Å². The second-order valence-corrected chi connectivity index (χ2v) is 5.30. The number of hydrogen-bond acceptors (Lipinski definition) is 6. The molecule has 3 heterocycles. The largest absolute Gasteiger partial charge is 0.379 e. The molecule has 1 aliphatic rings. The third kappa shape index (κ3) is 2.45. The van der Waals surface area contributed by atoms with Crippen molar-refractivity contribution in [2.24, 2.45) is 0 Å². The van der Waals surface area contributed by atoms with Gasteiger partial charge in [-0.2, -0.15) is 15.4 Å². The predicted octanol–water partition coefficient (Wildman–Crippen LogP) is 0.976. The van der Waals surface area contributed by atoms with Crippen molar-refractivity contribution >= 4 is 21.9 Å². The third-order valence-corrected chi connectivity index (χ3v) is 3.68. The number of rotatable bonds is 3. The Bertz CT molecular complexity index is 531. The first-order valence-electron chi connectivity index (χ1n) is 5.89. The molecule has 0 spiro atoms. The molecule has 0 aliphatic carbocycles. The molecule has 0 radical (unpaired) electrons. The first-order chi connectivity index (χ1) is 9.28. The number of halogens is 1. The lowest BCUT2D eigenvalue weighted by Crippen LogP contribution is -2.24. The minimum atomic E-state index is 0.0670. The Hall–Kier alpha value is -1.54. The molecule has 0 aromatic carbocycles. The molecule has 19 heavy (non-hydrogen) atoms. The average Bonchev–Trinajstić information content (AvgIpc) is 3.08. The summed E-state index contributed by atoms with van der Waals surface area (Å²) in [6.45, 7) is 1.52. The third-order valence-electron chi connectivity index (χ3n) is 3.27. The van der Waals surface area contributed by atoms with Gasteiger partial charge < -0.3 is 9.64 Å². The van der Waals surface area contributed by atoms with Gasteiger partial charge in [0.15, 0.2) is 0 Å². The van der Waals surface area contributed by atoms with Gasteiger partial charge in [0.05, 0.1) is 28.4 Å². The molecule has 1 N–H and O–H groups in total. The monoisotopic (exact) mass is 324 g/mol. The van der Waals surface area contributed by atoms with Crippen LogP contribution in [0.5, 0.6) is 0 Å². The van der Waals surface area contributed by atoms with Crippen LogP contribution in [0.3, 0.4) is 0 Å². The van der Waals surface area contributed by atoms with Gasteiger partial charge in [-0.3, -0.25) is 0 Å². The van der Waals surface area contributed by atoms with Crippen LogP contribution < -0.4 is 4.90 Å². The Kier molecular flexibility index (Phi) is 3.43. The zero-order valence-corrected chi connectivity index (χ0v) is 11.9. The second-order valence-electron chi connectivity index (χ2n) is 4.38. The maximum atomic E-state index is 5.53. The lowest BCUT2D eigenvalue weighted by molar-refractivity contribution is 0.105. The van der Waals surface area contributed by atoms with E-state index in [9.17, 15) is 0 Å². The molecule has 3 rings (SSSR count). The van der Waals surface area contributed by atoms with Gasteiger partial charge in [-0.15, -0.1) is 0 Å². The predicted molar refractivity (Wildman–Crippen MR) is 71.9 cm³/mol. The fourth-order valence-electron chi connectivity index (χ4n) is 2.32. The number of methoxy groups -OCH3 is 1. The maximum absolute atomic E-state index is 5.53. The van der Waals surface area contributed by atoms with Crippen LogP contribution >= 0.6 is 15.9 Å². The maximum Gasteiger partial charge on any atom is 0.225 e. The molecule has 8 heteroatoms. The molecular weight excluding hydrogens is 312 g/mol. The zero-order chi connectivity index (χ0) is 13.2. The van der Waals surface area contributed by atoms with Crippen LogP contribution in [0.15, 0.2) is 23.1 Å². The van der Waals surface area contributed by atoms with Gasteiger partial charge in [0.25, 0.3) is 0 Å². The summed E-state index contributed by atoms with van der Waals surface area (Å²) in [5.74, 6) is 0.882. The number of ether oxygens (including phenoxy) is 1. The molecule has 0 unspecified atom stereocenters. The standard InChI is InChI=1S/C11H13BrN6O/c1-19-10-6-18(11-13-2-7(12)3-14-11)5-8(10)9-4-15-17-16-9/h2-4,8,10H,5-6H2,1H3,(H,15,16,17)/t8-,10+/m0/s1. The van der Waals surface area contributed by atoms with E-state index in [1.807, 2.05) is 0 Å². The highest BCUT2D eigenvalue weighted by Crippen LogP contribution is 2.29. The number of aromatic amines is 1. The quantitative estimate of drug-likeness (QED) is 0.906. The summed E-state index contributed by atoms with van der Waals surface area (Å²) in [5.41, 5.74) is 0.909. The van der Waals surface area contributed by atoms with E-state index in [1.54, 1.807) is 25.7 Å². The van der Waals surface area contributed by atoms with Gasteiger partial charge in [0, 0.05) is 32.6 Å². The SMILES string of the molecule is CO[C@@H]1CN(c2ncc(Br)cn2)C[C@H]1c1cn[nH]n1. The van der Waals surface area contributed by atoms with Gasteiger partial charge in [-0.25, -0.2) is 9.97 Å². The first kappa shape index (κ1) is 12.5. The van der Waals surface area contributed by atoms with Crippen molar-refractivity contribution in [3.63, 3.8) is 0 Å². The smallest absolute Gasteiger partial charge is 0.225 e. The fourth-order valence-corrected chi connectivity index (χ4v) is 2.52. The van der Waals surface area contributed by atoms with E-state index in [4.69, 9.17) is 4.74 Å². The van der Waals surface area contributed by atoms with Crippen molar-refractivity contribution in [2.45, 2.75) is 12.0 Å². The summed E-state index contributed by atoms with van der Waals surface area (Å²) in [4.78, 5) is 10.7. The number of anilines is 1. The molecule has 1 aliphatic heterocycles. The van der Waals surface area contributed by atoms with Crippen molar-refractivity contribution < 1.29 is 4.74 Å². The summed E-state index contributed by atoms with van der Waals surface area (Å²) in [6.07, 6.45) is 5.29. The van der Waals surface area contributed by atoms with Gasteiger partial charge in [0.2, 0.25) is 5.95 Å². The summed E-state index contributed by atoms with van der Waals surface area (Å²) >= 11 is 3.33. The Morgan fingerprint density at radius 2 is 2.11 bits per heavy atom. The number of nitrogens with one attached hydrogen (secondary N) is 1. The molecule has 0 saturated carbocycles. The molecule has 2 aromatic rings. The average molecular weight is 325 g/mol. The molecule has 2 atom stereocenters. The van der Waals surface area contributed by atoms with Crippen LogP contribution in [0.2, 0.25) is 0 Å². The lowest BCUT2D eigenvalue weighted by Gasteiger charge is -2.14. The summed E-state index contributed by atoms with van der Waals surface area (Å²) < 4.78 is 6.40. The Labute approximate surface area is 118 Å². The van der Waals surface area contributed by atoms with Gasteiger partial charge in [-0.05, 0) is 15.9 Å². The van der Waals surface area contributed by atoms with E-state index in [1.165, 1.54) is 0 Å². The lowest BCUT2D eigenvalue weighted by atomic mass is 10.0. The summed E-state index contributed by atoms with van der Waals surface area (Å²) in [6, 6.07) is 0. The number of nitrogens with zero attached hydrogens (tertiary/aromatic N) is 5. The van der Waals surface area contributed by atoms with Crippen LogP contribution in [-0.4, -0.2) is 51.7 Å². The first-order valence-corrected chi connectivity index (χ1v) is 6.68. The molecule has 1 fully saturated rings. The van der Waals surface area contributed by atoms with E-state index in [0.29, 0.717) is 5.95 Å². The van der Waals surface area contributed by atoms with E-state index in [-0.39, 0.29) is 12.0 Å². The molecule has 100 valence electrons. The highest BCUT2D eigenvalue weighted by atomic mass is 79.9. The minimum Gasteiger partial charge on any atom is -0.379 e. The Morgan fingerprint density at radius 1 is 1.32 bits per heavy atom. The number of H-pyrrole nitrogens is 1. The normalized spacial score (nSPS) is 22.9. The Morgan fingerprint density at radius 3 is 2.74 bits per heavy atom. The van der Waals surface area contributed by atoms with E-state index >= 15 is 0 Å². The van der Waals surface area contributed by atoms with E-state index in [2.05, 4.69) is 46.2 Å². The molecule has 0 bridgehead atoms. The second kappa shape index (κ2) is 5.22. The van der Waals surface area contributed by atoms with Gasteiger partial charge in [-0.1, -0.05) is 0 Å².